The van der Waals surface area contributed by atoms with Gasteiger partial charge in [0.25, 0.3) is 0 Å². The van der Waals surface area contributed by atoms with E-state index in [1.54, 1.807) is 0 Å². The molecule has 200 valence electrons. The van der Waals surface area contributed by atoms with E-state index in [2.05, 4.69) is 0 Å². The Morgan fingerprint density at radius 1 is 0.722 bits per heavy atom. The molecular weight excluding hydrogens is 484 g/mol. The average Bonchev–Trinajstić information content (AvgIpc) is 2.79. The van der Waals surface area contributed by atoms with Crippen LogP contribution < -0.4 is 18.9 Å². The quantitative estimate of drug-likeness (QED) is 0.325. The maximum Gasteiger partial charge on any atom is 0.303 e. The molecule has 13 heteroatoms. The molecule has 0 amide bonds. The number of hydrogen-bond donors (Lipinski definition) is 0. The van der Waals surface area contributed by atoms with Crippen LogP contribution in [0, 0.1) is 0 Å². The van der Waals surface area contributed by atoms with Crippen LogP contribution >= 0.6 is 0 Å². The maximum absolute atomic E-state index is 11.9. The second-order valence-electron chi connectivity index (χ2n) is 7.55. The fourth-order valence-electron chi connectivity index (χ4n) is 3.54. The third-order valence-corrected chi connectivity index (χ3v) is 4.84. The van der Waals surface area contributed by atoms with Gasteiger partial charge in [0.1, 0.15) is 18.5 Å². The van der Waals surface area contributed by atoms with E-state index in [0.717, 1.165) is 20.8 Å². The summed E-state index contributed by atoms with van der Waals surface area (Å²) in [6.45, 7) is 4.19. The molecule has 36 heavy (non-hydrogen) atoms. The molecule has 1 aliphatic heterocycles. The van der Waals surface area contributed by atoms with Crippen molar-refractivity contribution in [1.82, 2.24) is 0 Å². The van der Waals surface area contributed by atoms with Gasteiger partial charge in [-0.25, -0.2) is 0 Å². The summed E-state index contributed by atoms with van der Waals surface area (Å²) in [5.74, 6) is -1.91. The molecule has 1 heterocycles. The Bertz CT molecular complexity index is 934. The lowest BCUT2D eigenvalue weighted by molar-refractivity contribution is -0.288. The van der Waals surface area contributed by atoms with Crippen LogP contribution in [-0.4, -0.2) is 82.5 Å². The zero-order valence-electron chi connectivity index (χ0n) is 21.1. The van der Waals surface area contributed by atoms with Gasteiger partial charge >= 0.3 is 23.9 Å². The summed E-state index contributed by atoms with van der Waals surface area (Å²) in [5, 5.41) is 0. The van der Waals surface area contributed by atoms with E-state index in [-0.39, 0.29) is 23.9 Å². The molecular formula is C23H30O13. The first-order valence-electron chi connectivity index (χ1n) is 10.8. The highest BCUT2D eigenvalue weighted by Crippen LogP contribution is 2.42. The summed E-state index contributed by atoms with van der Waals surface area (Å²) >= 11 is 0. The predicted octanol–water partition coefficient (Wildman–Crippen LogP) is 1.17. The highest BCUT2D eigenvalue weighted by Gasteiger charge is 2.53. The van der Waals surface area contributed by atoms with Crippen molar-refractivity contribution in [3.63, 3.8) is 0 Å². The van der Waals surface area contributed by atoms with Crippen LogP contribution in [0.1, 0.15) is 27.7 Å². The monoisotopic (exact) mass is 514 g/mol. The minimum atomic E-state index is -1.41. The van der Waals surface area contributed by atoms with Crippen LogP contribution in [0.3, 0.4) is 0 Å². The van der Waals surface area contributed by atoms with Gasteiger partial charge in [0, 0.05) is 39.8 Å². The third kappa shape index (κ3) is 7.38. The molecule has 0 radical (unpaired) electrons. The van der Waals surface area contributed by atoms with Gasteiger partial charge in [0.15, 0.2) is 23.7 Å². The van der Waals surface area contributed by atoms with Crippen molar-refractivity contribution in [1.29, 1.82) is 0 Å². The average molecular weight is 514 g/mol. The van der Waals surface area contributed by atoms with Crippen molar-refractivity contribution in [2.75, 3.05) is 27.9 Å². The number of rotatable bonds is 10. The number of esters is 4. The second-order valence-corrected chi connectivity index (χ2v) is 7.55. The molecule has 0 aliphatic carbocycles. The van der Waals surface area contributed by atoms with Crippen molar-refractivity contribution in [3.05, 3.63) is 12.1 Å². The van der Waals surface area contributed by atoms with E-state index in [9.17, 15) is 19.2 Å². The van der Waals surface area contributed by atoms with Crippen molar-refractivity contribution in [2.45, 2.75) is 58.4 Å². The molecule has 5 atom stereocenters. The molecule has 1 aromatic carbocycles. The summed E-state index contributed by atoms with van der Waals surface area (Å²) < 4.78 is 49.0. The lowest BCUT2D eigenvalue weighted by Gasteiger charge is -2.43. The number of ether oxygens (including phenoxy) is 9. The Balaban J connectivity index is 2.55. The van der Waals surface area contributed by atoms with Crippen LogP contribution in [0.5, 0.6) is 23.0 Å². The van der Waals surface area contributed by atoms with Crippen molar-refractivity contribution in [3.8, 4) is 23.0 Å². The summed E-state index contributed by atoms with van der Waals surface area (Å²) in [4.78, 5) is 47.1. The Kier molecular flexibility index (Phi) is 10.1. The molecule has 1 saturated heterocycles. The van der Waals surface area contributed by atoms with E-state index in [0.29, 0.717) is 5.75 Å². The Morgan fingerprint density at radius 2 is 1.22 bits per heavy atom. The Labute approximate surface area is 207 Å². The number of methoxy groups -OCH3 is 3. The molecule has 0 saturated carbocycles. The SMILES string of the molecule is COc1cc(O[C@@H]2O[C@H](COC(C)=O)[C@@H](OC(C)=O)[C@H](OC(C)=O)[C@H]2OC(C)=O)cc(OC)c1OC. The fraction of sp³-hybridized carbons (Fsp3) is 0.565. The molecule has 1 aromatic rings. The van der Waals surface area contributed by atoms with Crippen LogP contribution in [0.15, 0.2) is 12.1 Å². The Morgan fingerprint density at radius 3 is 1.67 bits per heavy atom. The van der Waals surface area contributed by atoms with Gasteiger partial charge < -0.3 is 42.6 Å². The van der Waals surface area contributed by atoms with Crippen LogP contribution in [0.2, 0.25) is 0 Å². The Hall–Kier alpha value is -3.74. The number of benzene rings is 1. The van der Waals surface area contributed by atoms with Gasteiger partial charge in [-0.3, -0.25) is 19.2 Å². The first-order valence-corrected chi connectivity index (χ1v) is 10.8. The van der Waals surface area contributed by atoms with E-state index < -0.39 is 54.6 Å². The fourth-order valence-corrected chi connectivity index (χ4v) is 3.54. The smallest absolute Gasteiger partial charge is 0.303 e. The molecule has 0 bridgehead atoms. The minimum Gasteiger partial charge on any atom is -0.493 e. The van der Waals surface area contributed by atoms with E-state index in [1.165, 1.54) is 40.4 Å². The zero-order chi connectivity index (χ0) is 27.0. The summed E-state index contributed by atoms with van der Waals surface area (Å²) in [7, 11) is 4.26. The first-order chi connectivity index (χ1) is 17.0. The first kappa shape index (κ1) is 28.5. The highest BCUT2D eigenvalue weighted by atomic mass is 16.7. The molecule has 0 N–H and O–H groups in total. The standard InChI is InChI=1S/C23H30O13/c1-11(24)31-10-18-20(32-12(2)25)21(33-13(3)26)22(34-14(4)27)23(36-18)35-15-8-16(28-5)19(30-7)17(9-15)29-6/h8-9,18,20-23H,10H2,1-7H3/t18-,20-,21+,22-,23-/m1/s1. The molecule has 1 fully saturated rings. The number of carbonyl (C=O) groups excluding carboxylic acids is 4. The number of hydrogen-bond acceptors (Lipinski definition) is 13. The topological polar surface area (TPSA) is 151 Å². The van der Waals surface area contributed by atoms with E-state index in [4.69, 9.17) is 42.6 Å². The lowest BCUT2D eigenvalue weighted by Crippen LogP contribution is -2.63. The highest BCUT2D eigenvalue weighted by molar-refractivity contribution is 5.68. The van der Waals surface area contributed by atoms with Gasteiger partial charge in [-0.1, -0.05) is 0 Å². The van der Waals surface area contributed by atoms with Crippen LogP contribution in [0.25, 0.3) is 0 Å². The van der Waals surface area contributed by atoms with Gasteiger partial charge in [0.2, 0.25) is 18.1 Å². The third-order valence-electron chi connectivity index (χ3n) is 4.84. The van der Waals surface area contributed by atoms with Crippen molar-refractivity contribution < 1.29 is 61.8 Å². The maximum atomic E-state index is 11.9. The predicted molar refractivity (Wildman–Crippen MR) is 119 cm³/mol. The van der Waals surface area contributed by atoms with Crippen molar-refractivity contribution in [2.24, 2.45) is 0 Å². The normalized spacial score (nSPS) is 23.0. The summed E-state index contributed by atoms with van der Waals surface area (Å²) in [6, 6.07) is 2.94. The summed E-state index contributed by atoms with van der Waals surface area (Å²) in [6.07, 6.45) is -6.61. The second kappa shape index (κ2) is 12.8. The van der Waals surface area contributed by atoms with Crippen molar-refractivity contribution >= 4 is 23.9 Å². The number of carbonyl (C=O) groups is 4. The van der Waals surface area contributed by atoms with Crippen LogP contribution in [0.4, 0.5) is 0 Å². The molecule has 2 rings (SSSR count). The van der Waals surface area contributed by atoms with E-state index >= 15 is 0 Å². The lowest BCUT2D eigenvalue weighted by atomic mass is 9.98. The van der Waals surface area contributed by atoms with Gasteiger partial charge in [-0.15, -0.1) is 0 Å². The minimum absolute atomic E-state index is 0.144. The van der Waals surface area contributed by atoms with E-state index in [1.807, 2.05) is 0 Å². The zero-order valence-corrected chi connectivity index (χ0v) is 21.1. The van der Waals surface area contributed by atoms with Gasteiger partial charge in [-0.2, -0.15) is 0 Å². The van der Waals surface area contributed by atoms with Gasteiger partial charge in [-0.05, 0) is 0 Å². The molecule has 13 nitrogen and oxygen atoms in total. The molecule has 0 unspecified atom stereocenters. The largest absolute Gasteiger partial charge is 0.493 e. The molecule has 1 aliphatic rings. The molecule has 0 spiro atoms. The van der Waals surface area contributed by atoms with Gasteiger partial charge in [0.05, 0.1) is 21.3 Å². The summed E-state index contributed by atoms with van der Waals surface area (Å²) in [5.41, 5.74) is 0. The van der Waals surface area contributed by atoms with Crippen LogP contribution in [-0.2, 0) is 42.9 Å². The molecule has 0 aromatic heterocycles.